The Morgan fingerprint density at radius 2 is 2.00 bits per heavy atom. The van der Waals surface area contributed by atoms with Crippen LogP contribution in [0.15, 0.2) is 18.2 Å². The number of ether oxygens (including phenoxy) is 1. The van der Waals surface area contributed by atoms with Gasteiger partial charge in [-0.1, -0.05) is 6.07 Å². The molecule has 8 heteroatoms. The van der Waals surface area contributed by atoms with Gasteiger partial charge in [0.25, 0.3) is 0 Å². The lowest BCUT2D eigenvalue weighted by Crippen LogP contribution is -2.20. The summed E-state index contributed by atoms with van der Waals surface area (Å²) in [7, 11) is 0. The molecule has 0 heterocycles. The van der Waals surface area contributed by atoms with Crippen LogP contribution in [0.25, 0.3) is 0 Å². The molecular formula is C9H6F3IO4. The first-order valence-corrected chi connectivity index (χ1v) is 5.24. The Balaban J connectivity index is 3.17. The molecule has 0 saturated carbocycles. The summed E-state index contributed by atoms with van der Waals surface area (Å²) >= 11 is 1.74. The topological polar surface area (TPSA) is 66.8 Å². The molecule has 1 unspecified atom stereocenters. The minimum atomic E-state index is -4.95. The van der Waals surface area contributed by atoms with Crippen molar-refractivity contribution < 1.29 is 32.9 Å². The third-order valence-electron chi connectivity index (χ3n) is 1.73. The van der Waals surface area contributed by atoms with Crippen molar-refractivity contribution in [3.8, 4) is 5.75 Å². The molecule has 0 radical (unpaired) electrons. The van der Waals surface area contributed by atoms with Crippen molar-refractivity contribution in [1.82, 2.24) is 0 Å². The third kappa shape index (κ3) is 4.04. The fourth-order valence-corrected chi connectivity index (χ4v) is 1.54. The van der Waals surface area contributed by atoms with E-state index in [9.17, 15) is 23.1 Å². The Hall–Kier alpha value is -1.03. The van der Waals surface area contributed by atoms with Gasteiger partial charge in [-0.15, -0.1) is 13.2 Å². The fraction of sp³-hybridized carbons (Fsp3) is 0.222. The zero-order chi connectivity index (χ0) is 13.2. The molecule has 4 nitrogen and oxygen atoms in total. The highest BCUT2D eigenvalue weighted by atomic mass is 127. The number of rotatable bonds is 3. The summed E-state index contributed by atoms with van der Waals surface area (Å²) in [4.78, 5) is 10.5. The molecule has 1 aromatic rings. The molecule has 0 spiro atoms. The summed E-state index contributed by atoms with van der Waals surface area (Å²) in [5, 5.41) is 17.8. The van der Waals surface area contributed by atoms with Gasteiger partial charge >= 0.3 is 12.3 Å². The molecule has 1 atom stereocenters. The average Bonchev–Trinajstić information content (AvgIpc) is 2.14. The van der Waals surface area contributed by atoms with Crippen LogP contribution in [0.1, 0.15) is 11.7 Å². The molecule has 0 aliphatic carbocycles. The first kappa shape index (κ1) is 14.0. The lowest BCUT2D eigenvalue weighted by molar-refractivity contribution is -0.275. The number of carboxylic acids is 1. The van der Waals surface area contributed by atoms with Gasteiger partial charge in [0.15, 0.2) is 6.10 Å². The average molecular weight is 362 g/mol. The molecule has 94 valence electrons. The van der Waals surface area contributed by atoms with Crippen molar-refractivity contribution in [3.63, 3.8) is 0 Å². The smallest absolute Gasteiger partial charge is 0.479 e. The van der Waals surface area contributed by atoms with Crippen LogP contribution < -0.4 is 4.74 Å². The molecule has 0 saturated heterocycles. The highest BCUT2D eigenvalue weighted by Gasteiger charge is 2.33. The molecule has 17 heavy (non-hydrogen) atoms. The lowest BCUT2D eigenvalue weighted by Gasteiger charge is -2.15. The van der Waals surface area contributed by atoms with E-state index in [0.29, 0.717) is 3.57 Å². The summed E-state index contributed by atoms with van der Waals surface area (Å²) < 4.78 is 40.3. The van der Waals surface area contributed by atoms with Crippen molar-refractivity contribution in [2.45, 2.75) is 12.5 Å². The molecule has 0 amide bonds. The SMILES string of the molecule is O=C(O)C(O)c1ccc(I)cc1OC(F)(F)F. The van der Waals surface area contributed by atoms with Crippen molar-refractivity contribution in [1.29, 1.82) is 0 Å². The Morgan fingerprint density at radius 1 is 1.41 bits per heavy atom. The predicted molar refractivity (Wildman–Crippen MR) is 58.4 cm³/mol. The minimum absolute atomic E-state index is 0.420. The van der Waals surface area contributed by atoms with Gasteiger partial charge in [-0.25, -0.2) is 4.79 Å². The number of hydrogen-bond donors (Lipinski definition) is 2. The van der Waals surface area contributed by atoms with Crippen molar-refractivity contribution >= 4 is 28.6 Å². The van der Waals surface area contributed by atoms with E-state index in [2.05, 4.69) is 4.74 Å². The first-order chi connectivity index (χ1) is 7.70. The van der Waals surface area contributed by atoms with E-state index in [1.807, 2.05) is 0 Å². The second-order valence-electron chi connectivity index (χ2n) is 2.97. The number of halogens is 4. The molecule has 1 aromatic carbocycles. The quantitative estimate of drug-likeness (QED) is 0.810. The van der Waals surface area contributed by atoms with Gasteiger partial charge in [0.2, 0.25) is 0 Å². The Labute approximate surface area is 107 Å². The standard InChI is InChI=1S/C9H6F3IO4/c10-9(11,12)17-6-3-4(13)1-2-5(6)7(14)8(15)16/h1-3,7,14H,(H,15,16). The van der Waals surface area contributed by atoms with Gasteiger partial charge < -0.3 is 14.9 Å². The number of hydrogen-bond acceptors (Lipinski definition) is 3. The zero-order valence-electron chi connectivity index (χ0n) is 8.03. The molecule has 2 N–H and O–H groups in total. The Morgan fingerprint density at radius 3 is 2.47 bits per heavy atom. The normalized spacial score (nSPS) is 13.2. The van der Waals surface area contributed by atoms with E-state index < -0.39 is 29.7 Å². The van der Waals surface area contributed by atoms with Gasteiger partial charge in [0, 0.05) is 9.13 Å². The van der Waals surface area contributed by atoms with Crippen LogP contribution in [0.3, 0.4) is 0 Å². The lowest BCUT2D eigenvalue weighted by atomic mass is 10.1. The Bertz CT molecular complexity index is 433. The van der Waals surface area contributed by atoms with E-state index >= 15 is 0 Å². The van der Waals surface area contributed by atoms with Crippen LogP contribution in [0.5, 0.6) is 5.75 Å². The summed E-state index contributed by atoms with van der Waals surface area (Å²) in [6.45, 7) is 0. The number of aliphatic hydroxyl groups excluding tert-OH is 1. The number of alkyl halides is 3. The van der Waals surface area contributed by atoms with Gasteiger partial charge in [-0.2, -0.15) is 0 Å². The summed E-state index contributed by atoms with van der Waals surface area (Å²) in [6.07, 6.45) is -7.01. The summed E-state index contributed by atoms with van der Waals surface area (Å²) in [5.74, 6) is -2.38. The maximum absolute atomic E-state index is 12.1. The van der Waals surface area contributed by atoms with E-state index in [1.54, 1.807) is 22.6 Å². The molecule has 0 aromatic heterocycles. The molecule has 0 aliphatic heterocycles. The van der Waals surface area contributed by atoms with Crippen LogP contribution in [0.4, 0.5) is 13.2 Å². The van der Waals surface area contributed by atoms with Crippen molar-refractivity contribution in [2.24, 2.45) is 0 Å². The van der Waals surface area contributed by atoms with Crippen LogP contribution in [0, 0.1) is 3.57 Å². The summed E-state index contributed by atoms with van der Waals surface area (Å²) in [5.41, 5.74) is -0.449. The Kier molecular flexibility index (Phi) is 4.20. The van der Waals surface area contributed by atoms with E-state index in [4.69, 9.17) is 5.11 Å². The van der Waals surface area contributed by atoms with Crippen LogP contribution in [0.2, 0.25) is 0 Å². The van der Waals surface area contributed by atoms with Gasteiger partial charge in [0.05, 0.1) is 0 Å². The number of carboxylic acid groups (broad SMARTS) is 1. The number of carbonyl (C=O) groups is 1. The third-order valence-corrected chi connectivity index (χ3v) is 2.40. The molecular weight excluding hydrogens is 356 g/mol. The molecule has 0 aliphatic rings. The van der Waals surface area contributed by atoms with Gasteiger partial charge in [-0.05, 0) is 34.7 Å². The van der Waals surface area contributed by atoms with E-state index in [-0.39, 0.29) is 0 Å². The van der Waals surface area contributed by atoms with E-state index in [1.165, 1.54) is 6.07 Å². The highest BCUT2D eigenvalue weighted by Crippen LogP contribution is 2.31. The first-order valence-electron chi connectivity index (χ1n) is 4.17. The number of benzene rings is 1. The minimum Gasteiger partial charge on any atom is -0.479 e. The molecule has 1 rings (SSSR count). The fourth-order valence-electron chi connectivity index (χ4n) is 1.08. The van der Waals surface area contributed by atoms with Crippen LogP contribution in [-0.4, -0.2) is 22.5 Å². The maximum atomic E-state index is 12.1. The number of aliphatic hydroxyl groups is 1. The largest absolute Gasteiger partial charge is 0.573 e. The van der Waals surface area contributed by atoms with E-state index in [0.717, 1.165) is 12.1 Å². The second kappa shape index (κ2) is 5.08. The van der Waals surface area contributed by atoms with Crippen molar-refractivity contribution in [2.75, 3.05) is 0 Å². The highest BCUT2D eigenvalue weighted by molar-refractivity contribution is 14.1. The second-order valence-corrected chi connectivity index (χ2v) is 4.22. The predicted octanol–water partition coefficient (Wildman–Crippen LogP) is 2.31. The molecule has 0 bridgehead atoms. The monoisotopic (exact) mass is 362 g/mol. The van der Waals surface area contributed by atoms with Gasteiger partial charge in [0.1, 0.15) is 5.75 Å². The van der Waals surface area contributed by atoms with Gasteiger partial charge in [-0.3, -0.25) is 0 Å². The van der Waals surface area contributed by atoms with Crippen LogP contribution in [-0.2, 0) is 4.79 Å². The molecule has 0 fully saturated rings. The zero-order valence-corrected chi connectivity index (χ0v) is 10.2. The number of aliphatic carboxylic acids is 1. The van der Waals surface area contributed by atoms with Crippen molar-refractivity contribution in [3.05, 3.63) is 27.3 Å². The maximum Gasteiger partial charge on any atom is 0.573 e. The van der Waals surface area contributed by atoms with Crippen LogP contribution >= 0.6 is 22.6 Å². The summed E-state index contributed by atoms with van der Waals surface area (Å²) in [6, 6.07) is 3.43.